The average molecular weight is 348 g/mol. The van der Waals surface area contributed by atoms with Crippen LogP contribution in [0.1, 0.15) is 13.3 Å². The molecule has 1 N–H and O–H groups in total. The first-order chi connectivity index (χ1) is 12.7. The number of benzene rings is 2. The molecule has 2 aromatic heterocycles. The van der Waals surface area contributed by atoms with Gasteiger partial charge in [0.1, 0.15) is 0 Å². The number of hydrogen-bond acceptors (Lipinski definition) is 5. The van der Waals surface area contributed by atoms with Gasteiger partial charge in [0.25, 0.3) is 5.89 Å². The Kier molecular flexibility index (Phi) is 3.96. The van der Waals surface area contributed by atoms with Crippen molar-refractivity contribution in [2.75, 3.05) is 0 Å². The van der Waals surface area contributed by atoms with Gasteiger partial charge in [0.2, 0.25) is 5.82 Å². The van der Waals surface area contributed by atoms with Gasteiger partial charge in [0.15, 0.2) is 0 Å². The van der Waals surface area contributed by atoms with Crippen LogP contribution >= 0.6 is 0 Å². The highest BCUT2D eigenvalue weighted by Crippen LogP contribution is 2.24. The van der Waals surface area contributed by atoms with Crippen molar-refractivity contribution in [1.82, 2.24) is 19.7 Å². The number of fused-ring (bicyclic) bond motifs is 1. The standard InChI is InChI=1S/C19H16N4O3/c1-2-10-23-15-9-8-13(11-14(15)20-17(24)19(23)25)16-21-18(26-22-16)12-6-4-3-5-7-12/h3-9,11H,2,10H2,1H3,(H,20,24). The number of rotatable bonds is 4. The third-order valence-corrected chi connectivity index (χ3v) is 4.13. The van der Waals surface area contributed by atoms with Gasteiger partial charge in [-0.15, -0.1) is 0 Å². The van der Waals surface area contributed by atoms with E-state index < -0.39 is 11.1 Å². The van der Waals surface area contributed by atoms with E-state index in [1.165, 1.54) is 4.57 Å². The van der Waals surface area contributed by atoms with E-state index in [1.807, 2.05) is 43.3 Å². The molecule has 0 bridgehead atoms. The summed E-state index contributed by atoms with van der Waals surface area (Å²) in [6.07, 6.45) is 0.755. The molecule has 0 aliphatic heterocycles. The Labute approximate surface area is 147 Å². The number of aromatic amines is 1. The van der Waals surface area contributed by atoms with Crippen molar-refractivity contribution in [3.8, 4) is 22.8 Å². The summed E-state index contributed by atoms with van der Waals surface area (Å²) in [6, 6.07) is 14.8. The number of aromatic nitrogens is 4. The van der Waals surface area contributed by atoms with Crippen LogP contribution in [0.25, 0.3) is 33.9 Å². The molecule has 130 valence electrons. The van der Waals surface area contributed by atoms with Gasteiger partial charge in [-0.25, -0.2) is 0 Å². The van der Waals surface area contributed by atoms with E-state index in [4.69, 9.17) is 4.52 Å². The Bertz CT molecular complexity index is 1190. The molecule has 0 amide bonds. The Morgan fingerprint density at radius 1 is 1.08 bits per heavy atom. The predicted molar refractivity (Wildman–Crippen MR) is 97.8 cm³/mol. The molecule has 26 heavy (non-hydrogen) atoms. The lowest BCUT2D eigenvalue weighted by Gasteiger charge is -2.08. The van der Waals surface area contributed by atoms with Gasteiger partial charge in [0, 0.05) is 17.7 Å². The van der Waals surface area contributed by atoms with Crippen LogP contribution in [0.5, 0.6) is 0 Å². The second kappa shape index (κ2) is 6.44. The number of H-pyrrole nitrogens is 1. The number of nitrogens with one attached hydrogen (secondary N) is 1. The highest BCUT2D eigenvalue weighted by molar-refractivity contribution is 5.80. The maximum atomic E-state index is 12.1. The van der Waals surface area contributed by atoms with Crippen molar-refractivity contribution in [1.29, 1.82) is 0 Å². The molecule has 2 heterocycles. The normalized spacial score (nSPS) is 11.1. The third kappa shape index (κ3) is 2.73. The molecule has 4 rings (SSSR count). The summed E-state index contributed by atoms with van der Waals surface area (Å²) in [5, 5.41) is 4.02. The summed E-state index contributed by atoms with van der Waals surface area (Å²) in [4.78, 5) is 31.0. The summed E-state index contributed by atoms with van der Waals surface area (Å²) < 4.78 is 6.82. The summed E-state index contributed by atoms with van der Waals surface area (Å²) >= 11 is 0. The number of aryl methyl sites for hydroxylation is 1. The van der Waals surface area contributed by atoms with E-state index in [-0.39, 0.29) is 0 Å². The molecule has 7 nitrogen and oxygen atoms in total. The smallest absolute Gasteiger partial charge is 0.316 e. The van der Waals surface area contributed by atoms with Crippen molar-refractivity contribution in [2.24, 2.45) is 0 Å². The molecule has 0 aliphatic carbocycles. The molecule has 0 saturated carbocycles. The highest BCUT2D eigenvalue weighted by Gasteiger charge is 2.13. The monoisotopic (exact) mass is 348 g/mol. The van der Waals surface area contributed by atoms with E-state index in [2.05, 4.69) is 15.1 Å². The molecule has 0 aliphatic rings. The van der Waals surface area contributed by atoms with Crippen LogP contribution in [0.2, 0.25) is 0 Å². The number of hydrogen-bond donors (Lipinski definition) is 1. The van der Waals surface area contributed by atoms with Gasteiger partial charge in [-0.1, -0.05) is 30.3 Å². The minimum Gasteiger partial charge on any atom is -0.334 e. The molecule has 7 heteroatoms. The lowest BCUT2D eigenvalue weighted by atomic mass is 10.1. The van der Waals surface area contributed by atoms with Crippen LogP contribution < -0.4 is 11.1 Å². The maximum absolute atomic E-state index is 12.1. The topological polar surface area (TPSA) is 93.8 Å². The molecule has 2 aromatic carbocycles. The fourth-order valence-corrected chi connectivity index (χ4v) is 2.90. The summed E-state index contributed by atoms with van der Waals surface area (Å²) in [6.45, 7) is 2.44. The molecule has 4 aromatic rings. The van der Waals surface area contributed by atoms with Crippen molar-refractivity contribution in [3.05, 3.63) is 69.2 Å². The first-order valence-corrected chi connectivity index (χ1v) is 8.34. The van der Waals surface area contributed by atoms with Crippen LogP contribution in [0.3, 0.4) is 0 Å². The molecule has 0 unspecified atom stereocenters. The van der Waals surface area contributed by atoms with E-state index in [1.54, 1.807) is 12.1 Å². The summed E-state index contributed by atoms with van der Waals surface area (Å²) in [5.41, 5.74) is 1.58. The number of nitrogens with zero attached hydrogens (tertiary/aromatic N) is 3. The van der Waals surface area contributed by atoms with E-state index >= 15 is 0 Å². The van der Waals surface area contributed by atoms with Gasteiger partial charge in [0.05, 0.1) is 11.0 Å². The molecular formula is C19H16N4O3. The minimum absolute atomic E-state index is 0.417. The fourth-order valence-electron chi connectivity index (χ4n) is 2.90. The second-order valence-corrected chi connectivity index (χ2v) is 5.93. The van der Waals surface area contributed by atoms with Gasteiger partial charge in [-0.3, -0.25) is 9.59 Å². The lowest BCUT2D eigenvalue weighted by Crippen LogP contribution is -2.36. The first kappa shape index (κ1) is 16.0. The largest absolute Gasteiger partial charge is 0.334 e. The summed E-state index contributed by atoms with van der Waals surface area (Å²) in [7, 11) is 0. The average Bonchev–Trinajstić information content (AvgIpc) is 3.16. The van der Waals surface area contributed by atoms with Crippen LogP contribution in [0, 0.1) is 0 Å². The maximum Gasteiger partial charge on any atom is 0.316 e. The molecular weight excluding hydrogens is 332 g/mol. The zero-order valence-electron chi connectivity index (χ0n) is 14.1. The molecule has 0 atom stereocenters. The van der Waals surface area contributed by atoms with E-state index in [0.717, 1.165) is 12.0 Å². The van der Waals surface area contributed by atoms with Crippen molar-refractivity contribution >= 4 is 11.0 Å². The van der Waals surface area contributed by atoms with Gasteiger partial charge in [-0.05, 0) is 36.8 Å². The van der Waals surface area contributed by atoms with E-state index in [9.17, 15) is 9.59 Å². The molecule has 0 spiro atoms. The van der Waals surface area contributed by atoms with Crippen molar-refractivity contribution < 1.29 is 4.52 Å². The lowest BCUT2D eigenvalue weighted by molar-refractivity contribution is 0.432. The van der Waals surface area contributed by atoms with Crippen molar-refractivity contribution in [2.45, 2.75) is 19.9 Å². The molecule has 0 fully saturated rings. The Hall–Kier alpha value is -3.48. The summed E-state index contributed by atoms with van der Waals surface area (Å²) in [5.74, 6) is 0.838. The van der Waals surface area contributed by atoms with Crippen LogP contribution in [0.15, 0.2) is 62.6 Å². The minimum atomic E-state index is -0.638. The van der Waals surface area contributed by atoms with Gasteiger partial charge >= 0.3 is 11.1 Å². The molecule has 0 saturated heterocycles. The quantitative estimate of drug-likeness (QED) is 0.572. The van der Waals surface area contributed by atoms with Crippen LogP contribution in [-0.2, 0) is 6.54 Å². The Morgan fingerprint density at radius 2 is 1.88 bits per heavy atom. The highest BCUT2D eigenvalue weighted by atomic mass is 16.5. The third-order valence-electron chi connectivity index (χ3n) is 4.13. The SMILES string of the molecule is CCCn1c(=O)c(=O)[nH]c2cc(-c3noc(-c4ccccc4)n3)ccc21. The van der Waals surface area contributed by atoms with Crippen molar-refractivity contribution in [3.63, 3.8) is 0 Å². The second-order valence-electron chi connectivity index (χ2n) is 5.93. The zero-order valence-corrected chi connectivity index (χ0v) is 14.1. The zero-order chi connectivity index (χ0) is 18.1. The Balaban J connectivity index is 1.81. The van der Waals surface area contributed by atoms with E-state index in [0.29, 0.717) is 34.9 Å². The molecule has 0 radical (unpaired) electrons. The first-order valence-electron chi connectivity index (χ1n) is 8.34. The predicted octanol–water partition coefficient (Wildman–Crippen LogP) is 2.82. The van der Waals surface area contributed by atoms with Crippen LogP contribution in [0.4, 0.5) is 0 Å². The van der Waals surface area contributed by atoms with Gasteiger partial charge < -0.3 is 14.1 Å². The Morgan fingerprint density at radius 3 is 2.65 bits per heavy atom. The fraction of sp³-hybridized carbons (Fsp3) is 0.158. The van der Waals surface area contributed by atoms with Crippen LogP contribution in [-0.4, -0.2) is 19.7 Å². The van der Waals surface area contributed by atoms with Gasteiger partial charge in [-0.2, -0.15) is 4.98 Å².